The summed E-state index contributed by atoms with van der Waals surface area (Å²) < 4.78 is 4.90. The Bertz CT molecular complexity index is 3390. The SMILES string of the molecule is Bc1c(-c2ccc3c(c2)c2ccccc2n3-c2ccc(-c3ccccc3)cc2)c(B)c2c3cc(-c4ccccc4-c4ccccc4)ccc3n(-c3ccccc3)c2c1B. The minimum atomic E-state index is 1.16. The lowest BCUT2D eigenvalue weighted by molar-refractivity contribution is 1.18. The van der Waals surface area contributed by atoms with E-state index in [1.54, 1.807) is 0 Å². The molecule has 0 fully saturated rings. The first-order valence-corrected chi connectivity index (χ1v) is 20.5. The van der Waals surface area contributed by atoms with E-state index >= 15 is 0 Å². The summed E-state index contributed by atoms with van der Waals surface area (Å²) in [6.45, 7) is 0. The first-order valence-electron chi connectivity index (χ1n) is 20.5. The summed E-state index contributed by atoms with van der Waals surface area (Å²) in [6.07, 6.45) is 0. The predicted molar refractivity (Wildman–Crippen MR) is 261 cm³/mol. The minimum Gasteiger partial charge on any atom is -0.310 e. The Labute approximate surface area is 347 Å². The number of fused-ring (bicyclic) bond motifs is 6. The molecule has 0 radical (unpaired) electrons. The van der Waals surface area contributed by atoms with E-state index in [9.17, 15) is 0 Å². The maximum absolute atomic E-state index is 2.48. The van der Waals surface area contributed by atoms with Crippen molar-refractivity contribution in [1.82, 2.24) is 9.13 Å². The van der Waals surface area contributed by atoms with E-state index in [2.05, 4.69) is 233 Å². The molecule has 2 heterocycles. The molecule has 11 aromatic rings. The number of para-hydroxylation sites is 2. The van der Waals surface area contributed by atoms with Gasteiger partial charge in [-0.15, -0.1) is 0 Å². The van der Waals surface area contributed by atoms with E-state index in [-0.39, 0.29) is 0 Å². The van der Waals surface area contributed by atoms with Crippen molar-refractivity contribution in [3.63, 3.8) is 0 Å². The normalized spacial score (nSPS) is 11.6. The molecule has 0 unspecified atom stereocenters. The van der Waals surface area contributed by atoms with Crippen LogP contribution in [0.2, 0.25) is 0 Å². The zero-order valence-corrected chi connectivity index (χ0v) is 33.4. The molecule has 59 heavy (non-hydrogen) atoms. The molecule has 2 nitrogen and oxygen atoms in total. The Morgan fingerprint density at radius 3 is 1.51 bits per heavy atom. The van der Waals surface area contributed by atoms with Crippen molar-refractivity contribution in [1.29, 1.82) is 0 Å². The van der Waals surface area contributed by atoms with Crippen LogP contribution in [0.5, 0.6) is 0 Å². The van der Waals surface area contributed by atoms with Gasteiger partial charge < -0.3 is 9.13 Å². The molecule has 0 atom stereocenters. The molecule has 0 aliphatic carbocycles. The summed E-state index contributed by atoms with van der Waals surface area (Å²) in [6, 6.07) is 73.0. The van der Waals surface area contributed by atoms with Crippen LogP contribution in [0.4, 0.5) is 0 Å². The van der Waals surface area contributed by atoms with Crippen LogP contribution in [0.3, 0.4) is 0 Å². The highest BCUT2D eigenvalue weighted by atomic mass is 15.0. The number of hydrogen-bond acceptors (Lipinski definition) is 0. The van der Waals surface area contributed by atoms with Gasteiger partial charge in [-0.1, -0.05) is 162 Å². The van der Waals surface area contributed by atoms with Gasteiger partial charge in [0.25, 0.3) is 0 Å². The van der Waals surface area contributed by atoms with Gasteiger partial charge in [-0.2, -0.15) is 0 Å². The van der Waals surface area contributed by atoms with Crippen LogP contribution in [0.15, 0.2) is 200 Å². The molecule has 0 N–H and O–H groups in total. The zero-order chi connectivity index (χ0) is 39.6. The Hall–Kier alpha value is -7.23. The second-order valence-electron chi connectivity index (χ2n) is 15.8. The summed E-state index contributed by atoms with van der Waals surface area (Å²) >= 11 is 0. The average Bonchev–Trinajstić information content (AvgIpc) is 3.82. The summed E-state index contributed by atoms with van der Waals surface area (Å²) in [7, 11) is 6.96. The van der Waals surface area contributed by atoms with Gasteiger partial charge in [0.2, 0.25) is 0 Å². The summed E-state index contributed by atoms with van der Waals surface area (Å²) in [4.78, 5) is 0. The molecule has 0 aliphatic rings. The fourth-order valence-electron chi connectivity index (χ4n) is 9.69. The van der Waals surface area contributed by atoms with Crippen LogP contribution in [0.1, 0.15) is 0 Å². The van der Waals surface area contributed by atoms with Crippen molar-refractivity contribution in [2.45, 2.75) is 0 Å². The standard InChI is InChI=1S/C54H39B3N2/c55-51-49(38-27-31-47-44(33-38)43-22-12-13-23-46(43)58(47)40-28-24-35(25-29-40)34-14-4-1-5-15-34)52(56)53(57)54-50(51)45-32-37(26-30-48(45)59(54)39-18-8-3-9-19-39)42-21-11-10-20-41(42)36-16-6-2-7-17-36/h1-33H,55-57H2. The lowest BCUT2D eigenvalue weighted by atomic mass is 9.69. The van der Waals surface area contributed by atoms with Gasteiger partial charge >= 0.3 is 0 Å². The van der Waals surface area contributed by atoms with E-state index in [0.29, 0.717) is 0 Å². The quantitative estimate of drug-likeness (QED) is 0.150. The van der Waals surface area contributed by atoms with Crippen LogP contribution in [0.25, 0.3) is 99.5 Å². The Balaban J connectivity index is 1.13. The van der Waals surface area contributed by atoms with E-state index in [1.165, 1.54) is 110 Å². The zero-order valence-electron chi connectivity index (χ0n) is 33.4. The van der Waals surface area contributed by atoms with Crippen molar-refractivity contribution in [3.8, 4) is 55.9 Å². The second kappa shape index (κ2) is 14.0. The third-order valence-electron chi connectivity index (χ3n) is 12.5. The van der Waals surface area contributed by atoms with Crippen LogP contribution in [-0.4, -0.2) is 32.7 Å². The number of benzene rings is 9. The van der Waals surface area contributed by atoms with Crippen molar-refractivity contribution >= 4 is 83.5 Å². The van der Waals surface area contributed by atoms with Crippen LogP contribution >= 0.6 is 0 Å². The highest BCUT2D eigenvalue weighted by molar-refractivity contribution is 6.60. The fraction of sp³-hybridized carbons (Fsp3) is 0. The van der Waals surface area contributed by atoms with Crippen LogP contribution in [0, 0.1) is 0 Å². The van der Waals surface area contributed by atoms with Crippen molar-refractivity contribution in [2.75, 3.05) is 0 Å². The third-order valence-corrected chi connectivity index (χ3v) is 12.5. The maximum atomic E-state index is 2.48. The number of hydrogen-bond donors (Lipinski definition) is 0. The monoisotopic (exact) mass is 748 g/mol. The Morgan fingerprint density at radius 1 is 0.305 bits per heavy atom. The lowest BCUT2D eigenvalue weighted by Crippen LogP contribution is -2.35. The molecule has 9 aromatic carbocycles. The van der Waals surface area contributed by atoms with Crippen molar-refractivity contribution in [3.05, 3.63) is 200 Å². The molecule has 5 heteroatoms. The van der Waals surface area contributed by atoms with Crippen LogP contribution < -0.4 is 16.4 Å². The second-order valence-corrected chi connectivity index (χ2v) is 15.8. The molecule has 11 rings (SSSR count). The first-order chi connectivity index (χ1) is 29.0. The summed E-state index contributed by atoms with van der Waals surface area (Å²) in [5, 5.41) is 5.09. The predicted octanol–water partition coefficient (Wildman–Crippen LogP) is 9.32. The maximum Gasteiger partial charge on any atom is 0.141 e. The summed E-state index contributed by atoms with van der Waals surface area (Å²) in [5.74, 6) is 0. The largest absolute Gasteiger partial charge is 0.310 e. The van der Waals surface area contributed by atoms with Gasteiger partial charge in [-0.25, -0.2) is 0 Å². The van der Waals surface area contributed by atoms with Gasteiger partial charge in [0.1, 0.15) is 23.5 Å². The molecule has 0 aliphatic heterocycles. The molecule has 0 saturated carbocycles. The summed E-state index contributed by atoms with van der Waals surface area (Å²) in [5.41, 5.74) is 21.1. The number of rotatable bonds is 6. The smallest absolute Gasteiger partial charge is 0.141 e. The third kappa shape index (κ3) is 5.61. The van der Waals surface area contributed by atoms with E-state index in [0.717, 1.165) is 5.69 Å². The Kier molecular flexibility index (Phi) is 8.30. The Morgan fingerprint density at radius 2 is 0.797 bits per heavy atom. The van der Waals surface area contributed by atoms with Gasteiger partial charge in [0.15, 0.2) is 0 Å². The number of nitrogens with zero attached hydrogens (tertiary/aromatic N) is 2. The van der Waals surface area contributed by atoms with Gasteiger partial charge in [0, 0.05) is 38.4 Å². The molecular weight excluding hydrogens is 709 g/mol. The number of aromatic nitrogens is 2. The van der Waals surface area contributed by atoms with E-state index < -0.39 is 0 Å². The fourth-order valence-corrected chi connectivity index (χ4v) is 9.69. The molecular formula is C54H39B3N2. The molecule has 0 spiro atoms. The average molecular weight is 748 g/mol. The van der Waals surface area contributed by atoms with Gasteiger partial charge in [-0.05, 0) is 99.1 Å². The molecule has 2 aromatic heterocycles. The molecule has 0 amide bonds. The first kappa shape index (κ1) is 35.0. The van der Waals surface area contributed by atoms with Crippen LogP contribution in [-0.2, 0) is 0 Å². The van der Waals surface area contributed by atoms with E-state index in [1.807, 2.05) is 0 Å². The molecule has 274 valence electrons. The van der Waals surface area contributed by atoms with Gasteiger partial charge in [-0.3, -0.25) is 0 Å². The highest BCUT2D eigenvalue weighted by Gasteiger charge is 2.23. The van der Waals surface area contributed by atoms with E-state index in [4.69, 9.17) is 0 Å². The molecule has 0 bridgehead atoms. The van der Waals surface area contributed by atoms with Gasteiger partial charge in [0.05, 0.1) is 16.6 Å². The topological polar surface area (TPSA) is 9.86 Å². The minimum absolute atomic E-state index is 1.16. The van der Waals surface area contributed by atoms with Crippen molar-refractivity contribution < 1.29 is 0 Å². The molecule has 0 saturated heterocycles. The highest BCUT2D eigenvalue weighted by Crippen LogP contribution is 2.39. The van der Waals surface area contributed by atoms with Crippen molar-refractivity contribution in [2.24, 2.45) is 0 Å². The lowest BCUT2D eigenvalue weighted by Gasteiger charge is -2.18.